The maximum atomic E-state index is 12.9. The van der Waals surface area contributed by atoms with E-state index in [2.05, 4.69) is 0 Å². The third-order valence-corrected chi connectivity index (χ3v) is 2.16. The van der Waals surface area contributed by atoms with Crippen LogP contribution in [0.5, 0.6) is 0 Å². The average molecular weight is 190 g/mol. The van der Waals surface area contributed by atoms with Gasteiger partial charge in [0.2, 0.25) is 0 Å². The molecule has 0 radical (unpaired) electrons. The molecule has 4 heteroatoms. The molecule has 2 nitrogen and oxygen atoms in total. The highest BCUT2D eigenvalue weighted by molar-refractivity contribution is 6.61. The van der Waals surface area contributed by atoms with Crippen LogP contribution in [-0.2, 0) is 0 Å². The van der Waals surface area contributed by atoms with E-state index in [9.17, 15) is 4.39 Å². The van der Waals surface area contributed by atoms with E-state index < -0.39 is 7.12 Å². The summed E-state index contributed by atoms with van der Waals surface area (Å²) in [5.41, 5.74) is 0.321. The van der Waals surface area contributed by atoms with Gasteiger partial charge >= 0.3 is 7.12 Å². The lowest BCUT2D eigenvalue weighted by atomic mass is 9.77. The van der Waals surface area contributed by atoms with Gasteiger partial charge in [-0.15, -0.1) is 0 Å². The molecule has 0 heterocycles. The van der Waals surface area contributed by atoms with E-state index in [1.54, 1.807) is 24.3 Å². The van der Waals surface area contributed by atoms with Gasteiger partial charge in [0.1, 0.15) is 5.82 Å². The molecule has 0 aliphatic carbocycles. The normalized spacial score (nSPS) is 10.5. The van der Waals surface area contributed by atoms with Gasteiger partial charge in [-0.25, -0.2) is 4.39 Å². The van der Waals surface area contributed by atoms with Crippen LogP contribution in [0, 0.1) is 5.82 Å². The maximum absolute atomic E-state index is 12.9. The first kappa shape index (κ1) is 9.18. The van der Waals surface area contributed by atoms with Gasteiger partial charge in [-0.1, -0.05) is 24.3 Å². The summed E-state index contributed by atoms with van der Waals surface area (Å²) < 4.78 is 12.9. The number of halogens is 1. The first-order chi connectivity index (χ1) is 6.68. The highest BCUT2D eigenvalue weighted by atomic mass is 19.1. The van der Waals surface area contributed by atoms with Crippen LogP contribution in [0.15, 0.2) is 36.4 Å². The fraction of sp³-hybridized carbons (Fsp3) is 0. The SMILES string of the molecule is OB(O)c1cccc2ccc(F)cc12. The summed E-state index contributed by atoms with van der Waals surface area (Å²) in [6.07, 6.45) is 0. The Bertz CT molecular complexity index is 471. The Kier molecular flexibility index (Phi) is 2.23. The van der Waals surface area contributed by atoms with Crippen molar-refractivity contribution in [2.24, 2.45) is 0 Å². The van der Waals surface area contributed by atoms with Crippen molar-refractivity contribution in [3.63, 3.8) is 0 Å². The van der Waals surface area contributed by atoms with Crippen LogP contribution in [0.25, 0.3) is 10.8 Å². The van der Waals surface area contributed by atoms with Crippen molar-refractivity contribution < 1.29 is 14.4 Å². The van der Waals surface area contributed by atoms with Gasteiger partial charge in [0, 0.05) is 0 Å². The molecule has 0 atom stereocenters. The standard InChI is InChI=1S/C10H8BFO2/c12-8-5-4-7-2-1-3-10(11(13)14)9(7)6-8/h1-6,13-14H. The van der Waals surface area contributed by atoms with E-state index in [1.165, 1.54) is 12.1 Å². The summed E-state index contributed by atoms with van der Waals surface area (Å²) in [4.78, 5) is 0. The molecule has 2 rings (SSSR count). The Morgan fingerprint density at radius 2 is 1.86 bits per heavy atom. The second-order valence-electron chi connectivity index (χ2n) is 3.09. The van der Waals surface area contributed by atoms with Crippen molar-refractivity contribution in [2.45, 2.75) is 0 Å². The summed E-state index contributed by atoms with van der Waals surface area (Å²) >= 11 is 0. The largest absolute Gasteiger partial charge is 0.489 e. The molecule has 2 aromatic carbocycles. The van der Waals surface area contributed by atoms with Crippen molar-refractivity contribution >= 4 is 23.4 Å². The quantitative estimate of drug-likeness (QED) is 0.648. The zero-order valence-corrected chi connectivity index (χ0v) is 7.31. The van der Waals surface area contributed by atoms with Crippen LogP contribution >= 0.6 is 0 Å². The minimum Gasteiger partial charge on any atom is -0.423 e. The molecule has 0 amide bonds. The first-order valence-corrected chi connectivity index (χ1v) is 4.23. The lowest BCUT2D eigenvalue weighted by Gasteiger charge is -2.04. The molecule has 0 aliphatic rings. The highest BCUT2D eigenvalue weighted by Crippen LogP contribution is 2.13. The summed E-state index contributed by atoms with van der Waals surface area (Å²) in [5.74, 6) is -0.384. The van der Waals surface area contributed by atoms with Gasteiger partial charge < -0.3 is 10.0 Å². The predicted molar refractivity (Wildman–Crippen MR) is 53.7 cm³/mol. The van der Waals surface area contributed by atoms with Crippen molar-refractivity contribution in [2.75, 3.05) is 0 Å². The topological polar surface area (TPSA) is 40.5 Å². The van der Waals surface area contributed by atoms with E-state index in [-0.39, 0.29) is 5.82 Å². The molecule has 0 saturated heterocycles. The Balaban J connectivity index is 2.77. The van der Waals surface area contributed by atoms with Gasteiger partial charge in [0.25, 0.3) is 0 Å². The number of hydrogen-bond acceptors (Lipinski definition) is 2. The molecule has 14 heavy (non-hydrogen) atoms. The van der Waals surface area contributed by atoms with E-state index in [4.69, 9.17) is 10.0 Å². The lowest BCUT2D eigenvalue weighted by molar-refractivity contribution is 0.426. The summed E-state index contributed by atoms with van der Waals surface area (Å²) in [6.45, 7) is 0. The van der Waals surface area contributed by atoms with Crippen LogP contribution in [0.2, 0.25) is 0 Å². The molecule has 0 fully saturated rings. The third-order valence-electron chi connectivity index (χ3n) is 2.16. The molecule has 70 valence electrons. The second-order valence-corrected chi connectivity index (χ2v) is 3.09. The molecule has 0 saturated carbocycles. The number of benzene rings is 2. The lowest BCUT2D eigenvalue weighted by Crippen LogP contribution is -2.30. The summed E-state index contributed by atoms with van der Waals surface area (Å²) in [7, 11) is -1.57. The molecule has 2 aromatic rings. The Morgan fingerprint density at radius 3 is 2.57 bits per heavy atom. The average Bonchev–Trinajstić information content (AvgIpc) is 2.16. The molecular weight excluding hydrogens is 182 g/mol. The molecule has 0 spiro atoms. The zero-order valence-electron chi connectivity index (χ0n) is 7.31. The number of hydrogen-bond donors (Lipinski definition) is 2. The van der Waals surface area contributed by atoms with Crippen LogP contribution in [0.1, 0.15) is 0 Å². The fourth-order valence-electron chi connectivity index (χ4n) is 1.49. The molecule has 0 aliphatic heterocycles. The van der Waals surface area contributed by atoms with E-state index in [1.807, 2.05) is 0 Å². The Hall–Kier alpha value is -1.39. The van der Waals surface area contributed by atoms with Crippen LogP contribution in [0.4, 0.5) is 4.39 Å². The van der Waals surface area contributed by atoms with Gasteiger partial charge in [-0.2, -0.15) is 0 Å². The van der Waals surface area contributed by atoms with Gasteiger partial charge in [-0.05, 0) is 28.4 Å². The van der Waals surface area contributed by atoms with Crippen molar-refractivity contribution in [1.82, 2.24) is 0 Å². The summed E-state index contributed by atoms with van der Waals surface area (Å²) in [5, 5.41) is 19.4. The first-order valence-electron chi connectivity index (χ1n) is 4.23. The third kappa shape index (κ3) is 1.50. The van der Waals surface area contributed by atoms with E-state index in [0.29, 0.717) is 10.8 Å². The van der Waals surface area contributed by atoms with E-state index in [0.717, 1.165) is 5.39 Å². The van der Waals surface area contributed by atoms with Crippen molar-refractivity contribution in [1.29, 1.82) is 0 Å². The maximum Gasteiger partial charge on any atom is 0.489 e. The zero-order chi connectivity index (χ0) is 10.1. The molecule has 0 bridgehead atoms. The smallest absolute Gasteiger partial charge is 0.423 e. The fourth-order valence-corrected chi connectivity index (χ4v) is 1.49. The minimum absolute atomic E-state index is 0.321. The monoisotopic (exact) mass is 190 g/mol. The van der Waals surface area contributed by atoms with Crippen molar-refractivity contribution in [3.8, 4) is 0 Å². The van der Waals surface area contributed by atoms with Gasteiger partial charge in [-0.3, -0.25) is 0 Å². The van der Waals surface area contributed by atoms with Gasteiger partial charge in [0.15, 0.2) is 0 Å². The van der Waals surface area contributed by atoms with E-state index >= 15 is 0 Å². The Labute approximate surface area is 80.8 Å². The second kappa shape index (κ2) is 3.40. The van der Waals surface area contributed by atoms with Crippen LogP contribution in [0.3, 0.4) is 0 Å². The van der Waals surface area contributed by atoms with Gasteiger partial charge in [0.05, 0.1) is 0 Å². The molecule has 2 N–H and O–H groups in total. The van der Waals surface area contributed by atoms with Crippen LogP contribution in [-0.4, -0.2) is 17.2 Å². The molecule has 0 aromatic heterocycles. The summed E-state index contributed by atoms with van der Waals surface area (Å²) in [6, 6.07) is 9.30. The predicted octanol–water partition coefficient (Wildman–Crippen LogP) is 0.659. The number of fused-ring (bicyclic) bond motifs is 1. The Morgan fingerprint density at radius 1 is 1.07 bits per heavy atom. The molecule has 0 unspecified atom stereocenters. The minimum atomic E-state index is -1.57. The van der Waals surface area contributed by atoms with Crippen molar-refractivity contribution in [3.05, 3.63) is 42.2 Å². The highest BCUT2D eigenvalue weighted by Gasteiger charge is 2.14. The molecular formula is C10H8BFO2. The number of rotatable bonds is 1. The van der Waals surface area contributed by atoms with Crippen LogP contribution < -0.4 is 5.46 Å².